The molecule has 0 spiro atoms. The highest BCUT2D eigenvalue weighted by Crippen LogP contribution is 2.31. The van der Waals surface area contributed by atoms with Crippen LogP contribution in [-0.4, -0.2) is 24.6 Å². The van der Waals surface area contributed by atoms with Gasteiger partial charge in [-0.3, -0.25) is 0 Å². The van der Waals surface area contributed by atoms with Crippen LogP contribution in [0.4, 0.5) is 5.82 Å². The van der Waals surface area contributed by atoms with E-state index in [4.69, 9.17) is 4.98 Å². The highest BCUT2D eigenvalue weighted by atomic mass is 15.0. The van der Waals surface area contributed by atoms with Crippen LogP contribution in [0.3, 0.4) is 0 Å². The molecule has 2 N–H and O–H groups in total. The molecule has 3 rings (SSSR count). The number of nitrogens with one attached hydrogen (secondary N) is 2. The van der Waals surface area contributed by atoms with Gasteiger partial charge in [-0.2, -0.15) is 0 Å². The van der Waals surface area contributed by atoms with Gasteiger partial charge in [0, 0.05) is 12.2 Å². The van der Waals surface area contributed by atoms with E-state index in [2.05, 4.69) is 36.6 Å². The van der Waals surface area contributed by atoms with Crippen molar-refractivity contribution in [2.24, 2.45) is 11.3 Å². The highest BCUT2D eigenvalue weighted by molar-refractivity contribution is 5.48. The number of rotatable bonds is 7. The van der Waals surface area contributed by atoms with Gasteiger partial charge in [0.1, 0.15) is 5.82 Å². The molecule has 1 aromatic heterocycles. The zero-order valence-electron chi connectivity index (χ0n) is 14.3. The average molecular weight is 301 g/mol. The second kappa shape index (κ2) is 6.99. The zero-order chi connectivity index (χ0) is 15.4. The SMILES string of the molecule is CC1(C)CNc2nc(CCCCCCC3CNC3)ccc2C1. The van der Waals surface area contributed by atoms with E-state index in [1.54, 1.807) is 0 Å². The number of fused-ring (bicyclic) bond motifs is 1. The van der Waals surface area contributed by atoms with Crippen LogP contribution in [-0.2, 0) is 12.8 Å². The summed E-state index contributed by atoms with van der Waals surface area (Å²) in [6, 6.07) is 4.52. The van der Waals surface area contributed by atoms with E-state index in [1.165, 1.54) is 56.5 Å². The summed E-state index contributed by atoms with van der Waals surface area (Å²) in [5.41, 5.74) is 3.00. The average Bonchev–Trinajstić information content (AvgIpc) is 2.44. The van der Waals surface area contributed by atoms with Gasteiger partial charge in [-0.1, -0.05) is 39.2 Å². The van der Waals surface area contributed by atoms with Crippen LogP contribution >= 0.6 is 0 Å². The molecular weight excluding hydrogens is 270 g/mol. The van der Waals surface area contributed by atoms with Crippen LogP contribution in [0.25, 0.3) is 0 Å². The standard InChI is InChI=1S/C19H31N3/c1-19(2)11-16-9-10-17(22-18(16)21-14-19)8-6-4-3-5-7-15-12-20-13-15/h9-10,15,20H,3-8,11-14H2,1-2H3,(H,21,22). The third-order valence-corrected chi connectivity index (χ3v) is 5.10. The van der Waals surface area contributed by atoms with Crippen molar-refractivity contribution in [3.63, 3.8) is 0 Å². The third kappa shape index (κ3) is 4.22. The summed E-state index contributed by atoms with van der Waals surface area (Å²) in [6.45, 7) is 8.17. The largest absolute Gasteiger partial charge is 0.369 e. The first kappa shape index (κ1) is 15.8. The van der Waals surface area contributed by atoms with Crippen LogP contribution in [0, 0.1) is 11.3 Å². The minimum absolute atomic E-state index is 0.353. The van der Waals surface area contributed by atoms with E-state index in [-0.39, 0.29) is 0 Å². The molecule has 0 aliphatic carbocycles. The Kier molecular flexibility index (Phi) is 5.02. The first-order valence-corrected chi connectivity index (χ1v) is 9.06. The number of unbranched alkanes of at least 4 members (excludes halogenated alkanes) is 3. The number of pyridine rings is 1. The maximum Gasteiger partial charge on any atom is 0.129 e. The number of nitrogens with zero attached hydrogens (tertiary/aromatic N) is 1. The molecule has 22 heavy (non-hydrogen) atoms. The second-order valence-corrected chi connectivity index (χ2v) is 7.98. The van der Waals surface area contributed by atoms with Crippen molar-refractivity contribution < 1.29 is 0 Å². The summed E-state index contributed by atoms with van der Waals surface area (Å²) in [5.74, 6) is 2.10. The predicted octanol–water partition coefficient (Wildman–Crippen LogP) is 3.79. The molecule has 0 radical (unpaired) electrons. The normalized spacial score (nSPS) is 20.1. The van der Waals surface area contributed by atoms with E-state index >= 15 is 0 Å². The molecule has 0 aromatic carbocycles. The molecule has 0 amide bonds. The van der Waals surface area contributed by atoms with Crippen molar-refractivity contribution in [1.29, 1.82) is 0 Å². The van der Waals surface area contributed by atoms with Crippen LogP contribution in [0.5, 0.6) is 0 Å². The summed E-state index contributed by atoms with van der Waals surface area (Å²) < 4.78 is 0. The Bertz CT molecular complexity index is 491. The van der Waals surface area contributed by atoms with Gasteiger partial charge in [-0.15, -0.1) is 0 Å². The first-order chi connectivity index (χ1) is 10.6. The van der Waals surface area contributed by atoms with Crippen LogP contribution < -0.4 is 10.6 Å². The Morgan fingerprint density at radius 3 is 2.73 bits per heavy atom. The zero-order valence-corrected chi connectivity index (χ0v) is 14.3. The van der Waals surface area contributed by atoms with Crippen molar-refractivity contribution in [3.8, 4) is 0 Å². The predicted molar refractivity (Wildman–Crippen MR) is 93.4 cm³/mol. The summed E-state index contributed by atoms with van der Waals surface area (Å²) >= 11 is 0. The molecule has 1 saturated heterocycles. The summed E-state index contributed by atoms with van der Waals surface area (Å²) in [7, 11) is 0. The van der Waals surface area contributed by atoms with Gasteiger partial charge < -0.3 is 10.6 Å². The molecule has 0 saturated carbocycles. The lowest BCUT2D eigenvalue weighted by atomic mass is 9.83. The molecule has 0 unspecified atom stereocenters. The van der Waals surface area contributed by atoms with Gasteiger partial charge >= 0.3 is 0 Å². The topological polar surface area (TPSA) is 37.0 Å². The number of anilines is 1. The van der Waals surface area contributed by atoms with Crippen molar-refractivity contribution >= 4 is 5.82 Å². The lowest BCUT2D eigenvalue weighted by Crippen LogP contribution is -2.41. The number of hydrogen-bond donors (Lipinski definition) is 2. The van der Waals surface area contributed by atoms with Crippen LogP contribution in [0.2, 0.25) is 0 Å². The van der Waals surface area contributed by atoms with Crippen molar-refractivity contribution in [2.45, 2.75) is 58.8 Å². The molecule has 122 valence electrons. The fraction of sp³-hybridized carbons (Fsp3) is 0.737. The number of aromatic nitrogens is 1. The Hall–Kier alpha value is -1.09. The Morgan fingerprint density at radius 2 is 1.95 bits per heavy atom. The number of hydrogen-bond acceptors (Lipinski definition) is 3. The Labute approximate surface area is 135 Å². The summed E-state index contributed by atoms with van der Waals surface area (Å²) in [5, 5.41) is 6.86. The Morgan fingerprint density at radius 1 is 1.14 bits per heavy atom. The quantitative estimate of drug-likeness (QED) is 0.752. The van der Waals surface area contributed by atoms with Crippen molar-refractivity contribution in [2.75, 3.05) is 25.0 Å². The van der Waals surface area contributed by atoms with Gasteiger partial charge in [-0.05, 0) is 61.7 Å². The molecule has 0 bridgehead atoms. The molecule has 2 aliphatic heterocycles. The molecular formula is C19H31N3. The van der Waals surface area contributed by atoms with E-state index < -0.39 is 0 Å². The van der Waals surface area contributed by atoms with Gasteiger partial charge in [0.05, 0.1) is 0 Å². The molecule has 2 aliphatic rings. The summed E-state index contributed by atoms with van der Waals surface area (Å²) in [4.78, 5) is 4.83. The fourth-order valence-electron chi connectivity index (χ4n) is 3.51. The minimum Gasteiger partial charge on any atom is -0.369 e. The molecule has 0 atom stereocenters. The van der Waals surface area contributed by atoms with E-state index in [9.17, 15) is 0 Å². The molecule has 3 heterocycles. The lowest BCUT2D eigenvalue weighted by molar-refractivity contribution is 0.316. The van der Waals surface area contributed by atoms with Crippen LogP contribution in [0.15, 0.2) is 12.1 Å². The maximum absolute atomic E-state index is 4.83. The van der Waals surface area contributed by atoms with Gasteiger partial charge in [0.15, 0.2) is 0 Å². The van der Waals surface area contributed by atoms with Gasteiger partial charge in [0.25, 0.3) is 0 Å². The minimum atomic E-state index is 0.353. The molecule has 1 aromatic rings. The first-order valence-electron chi connectivity index (χ1n) is 9.06. The Balaban J connectivity index is 1.38. The smallest absolute Gasteiger partial charge is 0.129 e. The number of aryl methyl sites for hydroxylation is 1. The highest BCUT2D eigenvalue weighted by Gasteiger charge is 2.25. The van der Waals surface area contributed by atoms with Gasteiger partial charge in [-0.25, -0.2) is 4.98 Å². The van der Waals surface area contributed by atoms with E-state index in [0.717, 1.165) is 31.1 Å². The van der Waals surface area contributed by atoms with Crippen molar-refractivity contribution in [3.05, 3.63) is 23.4 Å². The summed E-state index contributed by atoms with van der Waals surface area (Å²) in [6.07, 6.45) is 9.10. The lowest BCUT2D eigenvalue weighted by Gasteiger charge is -2.31. The maximum atomic E-state index is 4.83. The van der Waals surface area contributed by atoms with Crippen LogP contribution in [0.1, 0.15) is 57.2 Å². The monoisotopic (exact) mass is 301 g/mol. The molecule has 3 nitrogen and oxygen atoms in total. The van der Waals surface area contributed by atoms with Gasteiger partial charge in [0.2, 0.25) is 0 Å². The van der Waals surface area contributed by atoms with E-state index in [1.807, 2.05) is 0 Å². The molecule has 3 heteroatoms. The van der Waals surface area contributed by atoms with Crippen molar-refractivity contribution in [1.82, 2.24) is 10.3 Å². The molecule has 1 fully saturated rings. The third-order valence-electron chi connectivity index (χ3n) is 5.10. The fourth-order valence-corrected chi connectivity index (χ4v) is 3.51. The van der Waals surface area contributed by atoms with E-state index in [0.29, 0.717) is 5.41 Å². The second-order valence-electron chi connectivity index (χ2n) is 7.98.